The second-order valence-electron chi connectivity index (χ2n) is 2.38. The van der Waals surface area contributed by atoms with Crippen LogP contribution in [0, 0.1) is 0 Å². The Bertz CT molecular complexity index is 178. The smallest absolute Gasteiger partial charge is 0.00399 e. The third-order valence-electron chi connectivity index (χ3n) is 1.20. The van der Waals surface area contributed by atoms with Gasteiger partial charge in [0.25, 0.3) is 0 Å². The SMILES string of the molecule is C.C.PP(P)P(P)P(P(P)P)P(P(P)P)P(P)P. The molecule has 11 unspecified atom stereocenters. The molecule has 0 nitrogen and oxygen atoms in total. The van der Waals surface area contributed by atoms with E-state index in [4.69, 9.17) is 0 Å². The molecule has 11 atom stereocenters. The summed E-state index contributed by atoms with van der Waals surface area (Å²) < 4.78 is 0. The fourth-order valence-electron chi connectivity index (χ4n) is 0.677. The van der Waals surface area contributed by atoms with Crippen molar-refractivity contribution in [2.75, 3.05) is 0 Å². The summed E-state index contributed by atoms with van der Waals surface area (Å²) in [6.45, 7) is 0.740. The summed E-state index contributed by atoms with van der Waals surface area (Å²) in [5.74, 6) is 0. The Morgan fingerprint density at radius 1 is 0.389 bits per heavy atom. The van der Waals surface area contributed by atoms with Crippen LogP contribution in [0.2, 0.25) is 0 Å². The first-order valence-electron chi connectivity index (χ1n) is 3.52. The van der Waals surface area contributed by atoms with Crippen LogP contribution in [0.4, 0.5) is 0 Å². The Morgan fingerprint density at radius 3 is 0.833 bits per heavy atom. The molecule has 0 N–H and O–H groups in total. The van der Waals surface area contributed by atoms with Crippen molar-refractivity contribution < 1.29 is 0 Å². The molecule has 0 saturated carbocycles. The lowest BCUT2D eigenvalue weighted by Crippen LogP contribution is -1.51. The molecule has 0 spiro atoms. The zero-order chi connectivity index (χ0) is 13.0. The summed E-state index contributed by atoms with van der Waals surface area (Å²) in [5, 5.41) is 0. The van der Waals surface area contributed by atoms with Gasteiger partial charge in [-0.2, -0.15) is 0 Å². The maximum atomic E-state index is 3.19. The lowest BCUT2D eigenvalue weighted by atomic mass is 12.0. The first-order chi connectivity index (χ1) is 7.20. The van der Waals surface area contributed by atoms with Crippen molar-refractivity contribution in [3.05, 3.63) is 0 Å². The standard InChI is InChI=1S/2CH4.H18P16/c;;1-10(2)14(9)16(13(7)8)15(11(3)4)12(5)6/h2*1H4;1-9H2. The molecule has 0 rings (SSSR count). The van der Waals surface area contributed by atoms with Crippen LogP contribution in [0.3, 0.4) is 0 Å². The van der Waals surface area contributed by atoms with E-state index in [-0.39, 0.29) is 63.8 Å². The quantitative estimate of drug-likeness (QED) is 0.291. The monoisotopic (exact) mass is 546 g/mol. The van der Waals surface area contributed by atoms with Crippen LogP contribution >= 0.6 is 129 Å². The molecule has 0 heterocycles. The Morgan fingerprint density at radius 2 is 0.667 bits per heavy atom. The van der Waals surface area contributed by atoms with Crippen LogP contribution in [0.15, 0.2) is 0 Å². The third-order valence-corrected chi connectivity index (χ3v) is 97.2. The maximum absolute atomic E-state index is 3.19. The van der Waals surface area contributed by atoms with Gasteiger partial charge in [-0.3, -0.25) is 0 Å². The molecule has 0 aliphatic carbocycles. The van der Waals surface area contributed by atoms with Crippen molar-refractivity contribution >= 4 is 129 Å². The summed E-state index contributed by atoms with van der Waals surface area (Å²) in [4.78, 5) is 0. The molecule has 0 aromatic carbocycles. The number of hydrogen-bond acceptors (Lipinski definition) is 0. The van der Waals surface area contributed by atoms with Crippen LogP contribution < -0.4 is 0 Å². The molecule has 0 radical (unpaired) electrons. The maximum Gasteiger partial charge on any atom is -0.00399 e. The first kappa shape index (κ1) is 29.6. The molecule has 0 fully saturated rings. The Labute approximate surface area is 143 Å². The molecule has 0 aromatic heterocycles. The van der Waals surface area contributed by atoms with Crippen LogP contribution in [0.5, 0.6) is 0 Å². The van der Waals surface area contributed by atoms with Crippen LogP contribution in [0.25, 0.3) is 0 Å². The van der Waals surface area contributed by atoms with E-state index in [0.29, 0.717) is 0 Å². The normalized spacial score (nSPS) is 15.0. The van der Waals surface area contributed by atoms with Gasteiger partial charge in [0.1, 0.15) is 0 Å². The molecule has 0 amide bonds. The van der Waals surface area contributed by atoms with E-state index in [9.17, 15) is 0 Å². The van der Waals surface area contributed by atoms with Gasteiger partial charge in [0.2, 0.25) is 0 Å². The number of rotatable bonds is 6. The minimum Gasteiger partial charge on any atom is -0.102 e. The largest absolute Gasteiger partial charge is 0.102 e. The fraction of sp³-hybridized carbons (Fsp3) is 1.00. The van der Waals surface area contributed by atoms with E-state index in [0.717, 1.165) is 0 Å². The summed E-state index contributed by atoms with van der Waals surface area (Å²) >= 11 is 0. The predicted molar refractivity (Wildman–Crippen MR) is 149 cm³/mol. The van der Waals surface area contributed by atoms with E-state index in [1.807, 2.05) is 0 Å². The van der Waals surface area contributed by atoms with E-state index in [1.165, 1.54) is 0 Å². The lowest BCUT2D eigenvalue weighted by Gasteiger charge is -2.40. The molecular weight excluding hydrogens is 520 g/mol. The zero-order valence-electron chi connectivity index (χ0n) is 8.33. The average molecular weight is 546 g/mol. The van der Waals surface area contributed by atoms with Gasteiger partial charge < -0.3 is 0 Å². The van der Waals surface area contributed by atoms with Gasteiger partial charge >= 0.3 is 0 Å². The van der Waals surface area contributed by atoms with Gasteiger partial charge in [0, 0.05) is 0 Å². The first-order valence-corrected chi connectivity index (χ1v) is 31.7. The molecule has 16 heteroatoms. The highest BCUT2D eigenvalue weighted by Crippen LogP contribution is 3.24. The number of hydrogen-bond donors (Lipinski definition) is 0. The predicted octanol–water partition coefficient (Wildman–Crippen LogP) is 10.2. The van der Waals surface area contributed by atoms with E-state index < -0.39 is 0 Å². The molecular formula is C2H26P16. The average Bonchev–Trinajstić information content (AvgIpc) is 2.10. The highest BCUT2D eigenvalue weighted by Gasteiger charge is 2.35. The van der Waals surface area contributed by atoms with Crippen molar-refractivity contribution in [2.45, 2.75) is 14.9 Å². The van der Waals surface area contributed by atoms with Crippen molar-refractivity contribution in [1.82, 2.24) is 0 Å². The minimum absolute atomic E-state index is 0. The Kier molecular flexibility index (Phi) is 26.5. The summed E-state index contributed by atoms with van der Waals surface area (Å²) in [5.41, 5.74) is 0. The van der Waals surface area contributed by atoms with Gasteiger partial charge in [0.05, 0.1) is 0 Å². The van der Waals surface area contributed by atoms with E-state index >= 15 is 0 Å². The zero-order valence-corrected chi connectivity index (χ0v) is 25.0. The van der Waals surface area contributed by atoms with E-state index in [1.54, 1.807) is 0 Å². The summed E-state index contributed by atoms with van der Waals surface area (Å²) in [6.07, 6.45) is 0. The lowest BCUT2D eigenvalue weighted by molar-refractivity contribution is 2.50. The molecule has 0 saturated heterocycles. The molecule has 0 bridgehead atoms. The molecule has 18 heavy (non-hydrogen) atoms. The molecule has 0 aliphatic rings. The van der Waals surface area contributed by atoms with E-state index in [2.05, 4.69) is 80.4 Å². The van der Waals surface area contributed by atoms with Crippen LogP contribution in [-0.2, 0) is 0 Å². The molecule has 0 aromatic rings. The van der Waals surface area contributed by atoms with Crippen molar-refractivity contribution in [3.63, 3.8) is 0 Å². The van der Waals surface area contributed by atoms with Crippen LogP contribution in [0.1, 0.15) is 14.9 Å². The van der Waals surface area contributed by atoms with Crippen molar-refractivity contribution in [1.29, 1.82) is 0 Å². The second-order valence-corrected chi connectivity index (χ2v) is 64.2. The highest BCUT2D eigenvalue weighted by atomic mass is 33.4. The van der Waals surface area contributed by atoms with Gasteiger partial charge in [0.15, 0.2) is 0 Å². The second kappa shape index (κ2) is 16.1. The topological polar surface area (TPSA) is 0 Å². The van der Waals surface area contributed by atoms with Crippen molar-refractivity contribution in [3.8, 4) is 0 Å². The van der Waals surface area contributed by atoms with Gasteiger partial charge in [-0.15, -0.1) is 80.4 Å². The van der Waals surface area contributed by atoms with Crippen LogP contribution in [-0.4, -0.2) is 0 Å². The van der Waals surface area contributed by atoms with Crippen molar-refractivity contribution in [2.24, 2.45) is 0 Å². The fourth-order valence-corrected chi connectivity index (χ4v) is 164. The molecule has 114 valence electrons. The summed E-state index contributed by atoms with van der Waals surface area (Å²) in [7, 11) is 27.8. The van der Waals surface area contributed by atoms with Gasteiger partial charge in [-0.1, -0.05) is 14.9 Å². The highest BCUT2D eigenvalue weighted by molar-refractivity contribution is 9.30. The Balaban J connectivity index is -0.00000112. The summed E-state index contributed by atoms with van der Waals surface area (Å²) in [6, 6.07) is 0. The minimum atomic E-state index is 0. The molecule has 0 aliphatic heterocycles. The Hall–Kier alpha value is 6.88. The van der Waals surface area contributed by atoms with Gasteiger partial charge in [-0.25, -0.2) is 0 Å². The third kappa shape index (κ3) is 11.5. The van der Waals surface area contributed by atoms with Gasteiger partial charge in [-0.05, 0) is 48.9 Å².